The monoisotopic (exact) mass is 429 g/mol. The van der Waals surface area contributed by atoms with Crippen LogP contribution in [0.25, 0.3) is 10.7 Å². The minimum absolute atomic E-state index is 0.0932. The fourth-order valence-corrected chi connectivity index (χ4v) is 3.79. The highest BCUT2D eigenvalue weighted by atomic mass is 32.1. The number of nitrogens with zero attached hydrogens (tertiary/aromatic N) is 4. The molecule has 3 heterocycles. The minimum atomic E-state index is -0.413. The van der Waals surface area contributed by atoms with Gasteiger partial charge in [0.25, 0.3) is 5.91 Å². The number of piperazine rings is 1. The third kappa shape index (κ3) is 4.89. The van der Waals surface area contributed by atoms with Gasteiger partial charge in [-0.25, -0.2) is 4.39 Å². The normalized spacial score (nSPS) is 14.6. The molecule has 0 saturated carbocycles. The molecule has 1 N–H and O–H groups in total. The van der Waals surface area contributed by atoms with E-state index < -0.39 is 11.7 Å². The molecule has 156 valence electrons. The Kier molecular flexibility index (Phi) is 6.15. The van der Waals surface area contributed by atoms with Gasteiger partial charge in [-0.3, -0.25) is 14.5 Å². The molecule has 1 aromatic carbocycles. The van der Waals surface area contributed by atoms with Crippen molar-refractivity contribution in [3.8, 4) is 10.7 Å². The van der Waals surface area contributed by atoms with Gasteiger partial charge < -0.3 is 14.7 Å². The number of carbonyl (C=O) groups is 2. The minimum Gasteiger partial charge on any atom is -0.343 e. The molecule has 0 radical (unpaired) electrons. The van der Waals surface area contributed by atoms with Crippen LogP contribution >= 0.6 is 11.3 Å². The summed E-state index contributed by atoms with van der Waals surface area (Å²) in [5.74, 6) is 0.169. The van der Waals surface area contributed by atoms with E-state index in [9.17, 15) is 14.0 Å². The lowest BCUT2D eigenvalue weighted by Gasteiger charge is -2.34. The van der Waals surface area contributed by atoms with Gasteiger partial charge in [-0.1, -0.05) is 11.2 Å². The molecule has 8 nitrogen and oxygen atoms in total. The van der Waals surface area contributed by atoms with Gasteiger partial charge in [0.15, 0.2) is 0 Å². The van der Waals surface area contributed by atoms with E-state index in [2.05, 4.69) is 20.4 Å². The van der Waals surface area contributed by atoms with Crippen molar-refractivity contribution in [1.29, 1.82) is 0 Å². The first kappa shape index (κ1) is 20.2. The Morgan fingerprint density at radius 3 is 2.60 bits per heavy atom. The molecular weight excluding hydrogens is 409 g/mol. The largest absolute Gasteiger partial charge is 0.343 e. The van der Waals surface area contributed by atoms with Gasteiger partial charge in [0.2, 0.25) is 17.6 Å². The van der Waals surface area contributed by atoms with E-state index >= 15 is 0 Å². The Balaban J connectivity index is 1.21. The van der Waals surface area contributed by atoms with Crippen LogP contribution in [0.15, 0.2) is 46.3 Å². The Morgan fingerprint density at radius 1 is 1.13 bits per heavy atom. The molecule has 1 saturated heterocycles. The molecule has 1 fully saturated rings. The van der Waals surface area contributed by atoms with Crippen LogP contribution in [0.2, 0.25) is 0 Å². The lowest BCUT2D eigenvalue weighted by Crippen LogP contribution is -2.50. The van der Waals surface area contributed by atoms with Gasteiger partial charge in [-0.05, 0) is 35.7 Å². The van der Waals surface area contributed by atoms with Crippen molar-refractivity contribution in [2.45, 2.75) is 6.54 Å². The number of nitrogens with one attached hydrogen (secondary N) is 1. The van der Waals surface area contributed by atoms with Gasteiger partial charge in [0, 0.05) is 31.7 Å². The average Bonchev–Trinajstić information content (AvgIpc) is 3.45. The fraction of sp³-hybridized carbons (Fsp3) is 0.300. The zero-order valence-corrected chi connectivity index (χ0v) is 16.9. The van der Waals surface area contributed by atoms with Crippen LogP contribution in [-0.4, -0.2) is 64.5 Å². The number of halogens is 1. The average molecular weight is 429 g/mol. The number of rotatable bonds is 6. The van der Waals surface area contributed by atoms with Crippen molar-refractivity contribution < 1.29 is 18.5 Å². The molecular formula is C20H20FN5O3S. The Morgan fingerprint density at radius 2 is 1.90 bits per heavy atom. The summed E-state index contributed by atoms with van der Waals surface area (Å²) in [6.07, 6.45) is 0. The number of thiophene rings is 1. The first-order valence-electron chi connectivity index (χ1n) is 9.49. The highest BCUT2D eigenvalue weighted by Gasteiger charge is 2.23. The predicted molar refractivity (Wildman–Crippen MR) is 108 cm³/mol. The van der Waals surface area contributed by atoms with Crippen LogP contribution in [0.1, 0.15) is 16.2 Å². The molecule has 0 unspecified atom stereocenters. The van der Waals surface area contributed by atoms with Crippen molar-refractivity contribution in [1.82, 2.24) is 25.3 Å². The number of carbonyl (C=O) groups excluding carboxylic acids is 2. The smallest absolute Gasteiger partial charge is 0.251 e. The molecule has 0 atom stereocenters. The summed E-state index contributed by atoms with van der Waals surface area (Å²) in [7, 11) is 0. The van der Waals surface area contributed by atoms with E-state index in [1.54, 1.807) is 16.2 Å². The Hall–Kier alpha value is -3.11. The van der Waals surface area contributed by atoms with Crippen LogP contribution in [0.4, 0.5) is 4.39 Å². The highest BCUT2D eigenvalue weighted by Crippen LogP contribution is 2.21. The number of hydrogen-bond acceptors (Lipinski definition) is 7. The molecule has 10 heteroatoms. The predicted octanol–water partition coefficient (Wildman–Crippen LogP) is 2.01. The van der Waals surface area contributed by atoms with Crippen molar-refractivity contribution in [2.24, 2.45) is 0 Å². The maximum atomic E-state index is 12.9. The van der Waals surface area contributed by atoms with E-state index in [-0.39, 0.29) is 12.5 Å². The maximum absolute atomic E-state index is 12.9. The van der Waals surface area contributed by atoms with E-state index in [1.807, 2.05) is 17.5 Å². The molecule has 0 spiro atoms. The molecule has 2 amide bonds. The lowest BCUT2D eigenvalue weighted by atomic mass is 10.2. The van der Waals surface area contributed by atoms with Crippen LogP contribution in [0.3, 0.4) is 0 Å². The topological polar surface area (TPSA) is 91.6 Å². The second-order valence-corrected chi connectivity index (χ2v) is 7.78. The second-order valence-electron chi connectivity index (χ2n) is 6.84. The Labute approximate surface area is 176 Å². The summed E-state index contributed by atoms with van der Waals surface area (Å²) in [4.78, 5) is 33.7. The van der Waals surface area contributed by atoms with E-state index in [0.29, 0.717) is 50.0 Å². The summed E-state index contributed by atoms with van der Waals surface area (Å²) < 4.78 is 18.3. The maximum Gasteiger partial charge on any atom is 0.251 e. The van der Waals surface area contributed by atoms with Gasteiger partial charge in [-0.15, -0.1) is 11.3 Å². The molecule has 4 rings (SSSR count). The summed E-state index contributed by atoms with van der Waals surface area (Å²) in [5, 5.41) is 8.56. The SMILES string of the molecule is O=C(NCC(=O)N1CCN(Cc2nc(-c3cccs3)no2)CC1)c1ccc(F)cc1. The third-order valence-electron chi connectivity index (χ3n) is 4.80. The Bertz CT molecular complexity index is 998. The zero-order chi connectivity index (χ0) is 20.9. The lowest BCUT2D eigenvalue weighted by molar-refractivity contribution is -0.131. The molecule has 0 aliphatic carbocycles. The molecule has 2 aromatic heterocycles. The van der Waals surface area contributed by atoms with Crippen molar-refractivity contribution in [3.05, 3.63) is 59.0 Å². The van der Waals surface area contributed by atoms with Crippen LogP contribution < -0.4 is 5.32 Å². The van der Waals surface area contributed by atoms with Gasteiger partial charge >= 0.3 is 0 Å². The van der Waals surface area contributed by atoms with Crippen molar-refractivity contribution in [3.63, 3.8) is 0 Å². The number of amides is 2. The number of aromatic nitrogens is 2. The first-order chi connectivity index (χ1) is 14.6. The summed E-state index contributed by atoms with van der Waals surface area (Å²) in [5.41, 5.74) is 0.315. The molecule has 3 aromatic rings. The fourth-order valence-electron chi connectivity index (χ4n) is 3.14. The van der Waals surface area contributed by atoms with E-state index in [1.165, 1.54) is 24.3 Å². The van der Waals surface area contributed by atoms with E-state index in [0.717, 1.165) is 4.88 Å². The number of benzene rings is 1. The van der Waals surface area contributed by atoms with Gasteiger partial charge in [0.1, 0.15) is 5.82 Å². The van der Waals surface area contributed by atoms with Crippen molar-refractivity contribution >= 4 is 23.2 Å². The molecule has 30 heavy (non-hydrogen) atoms. The molecule has 1 aliphatic heterocycles. The summed E-state index contributed by atoms with van der Waals surface area (Å²) >= 11 is 1.56. The number of hydrogen-bond donors (Lipinski definition) is 1. The van der Waals surface area contributed by atoms with Crippen LogP contribution in [-0.2, 0) is 11.3 Å². The quantitative estimate of drug-likeness (QED) is 0.645. The second kappa shape index (κ2) is 9.14. The highest BCUT2D eigenvalue weighted by molar-refractivity contribution is 7.13. The van der Waals surface area contributed by atoms with Gasteiger partial charge in [-0.2, -0.15) is 4.98 Å². The third-order valence-corrected chi connectivity index (χ3v) is 5.67. The van der Waals surface area contributed by atoms with Gasteiger partial charge in [0.05, 0.1) is 18.0 Å². The molecule has 0 bridgehead atoms. The summed E-state index contributed by atoms with van der Waals surface area (Å²) in [6, 6.07) is 9.07. The first-order valence-corrected chi connectivity index (χ1v) is 10.4. The molecule has 1 aliphatic rings. The van der Waals surface area contributed by atoms with Crippen LogP contribution in [0, 0.1) is 5.82 Å². The van der Waals surface area contributed by atoms with Crippen LogP contribution in [0.5, 0.6) is 0 Å². The van der Waals surface area contributed by atoms with Crippen molar-refractivity contribution in [2.75, 3.05) is 32.7 Å². The zero-order valence-electron chi connectivity index (χ0n) is 16.1. The standard InChI is InChI=1S/C20H20FN5O3S/c21-15-5-3-14(4-6-15)20(28)22-12-18(27)26-9-7-25(8-10-26)13-17-23-19(24-29-17)16-2-1-11-30-16/h1-6,11H,7-10,12-13H2,(H,22,28). The summed E-state index contributed by atoms with van der Waals surface area (Å²) in [6.45, 7) is 2.89. The van der Waals surface area contributed by atoms with E-state index in [4.69, 9.17) is 4.52 Å².